The van der Waals surface area contributed by atoms with Crippen LogP contribution in [0.1, 0.15) is 39.2 Å². The van der Waals surface area contributed by atoms with Crippen molar-refractivity contribution in [2.24, 2.45) is 0 Å². The molecule has 0 fully saturated rings. The van der Waals surface area contributed by atoms with Crippen LogP contribution < -0.4 is 22.5 Å². The molecule has 1 aromatic carbocycles. The number of carbonyl (C=O) groups is 1. The maximum atomic E-state index is 12.6. The number of aliphatic hydroxyl groups is 1. The highest BCUT2D eigenvalue weighted by molar-refractivity contribution is 6.88. The van der Waals surface area contributed by atoms with Crippen molar-refractivity contribution < 1.29 is 31.9 Å². The Morgan fingerprint density at radius 3 is 2.04 bits per heavy atom. The van der Waals surface area contributed by atoms with Crippen molar-refractivity contribution in [1.29, 1.82) is 0 Å². The first-order valence-corrected chi connectivity index (χ1v) is 12.8. The summed E-state index contributed by atoms with van der Waals surface area (Å²) >= 11 is 0. The van der Waals surface area contributed by atoms with Crippen LogP contribution in [0.15, 0.2) is 24.3 Å². The normalized spacial score (nSPS) is 13.3. The number of likely N-dealkylation sites (N-methyl/N-ethyl adjacent to an activating group) is 1. The van der Waals surface area contributed by atoms with Crippen molar-refractivity contribution in [2.45, 2.75) is 58.9 Å². The average Bonchev–Trinajstić information content (AvgIpc) is 2.50. The Morgan fingerprint density at radius 2 is 1.65 bits per heavy atom. The molecule has 0 aliphatic carbocycles. The van der Waals surface area contributed by atoms with Crippen molar-refractivity contribution in [3.05, 3.63) is 29.8 Å². The van der Waals surface area contributed by atoms with E-state index in [-0.39, 0.29) is 18.4 Å². The fourth-order valence-electron chi connectivity index (χ4n) is 2.99. The SMILES string of the molecule is CC[NH+](CC)CCOC(=O)C(c1ccc([Si](C)(C)C)cc1)C(C)(C)O.[Cl-]. The molecule has 2 N–H and O–H groups in total. The van der Waals surface area contributed by atoms with Gasteiger partial charge in [-0.2, -0.15) is 0 Å². The maximum Gasteiger partial charge on any atom is 0.316 e. The monoisotopic (exact) mass is 401 g/mol. The summed E-state index contributed by atoms with van der Waals surface area (Å²) in [5, 5.41) is 11.9. The van der Waals surface area contributed by atoms with Crippen LogP contribution in [0.25, 0.3) is 0 Å². The van der Waals surface area contributed by atoms with Gasteiger partial charge in [0.25, 0.3) is 0 Å². The van der Waals surface area contributed by atoms with Gasteiger partial charge >= 0.3 is 5.97 Å². The lowest BCUT2D eigenvalue weighted by atomic mass is 9.85. The summed E-state index contributed by atoms with van der Waals surface area (Å²) in [4.78, 5) is 14.0. The van der Waals surface area contributed by atoms with Crippen LogP contribution in [0.4, 0.5) is 0 Å². The van der Waals surface area contributed by atoms with Crippen LogP contribution in [0.3, 0.4) is 0 Å². The minimum atomic E-state index is -1.39. The Labute approximate surface area is 166 Å². The van der Waals surface area contributed by atoms with Crippen molar-refractivity contribution >= 4 is 19.2 Å². The number of ether oxygens (including phenoxy) is 1. The van der Waals surface area contributed by atoms with Crippen LogP contribution in [0.5, 0.6) is 0 Å². The largest absolute Gasteiger partial charge is 1.00 e. The number of hydrogen-bond donors (Lipinski definition) is 2. The lowest BCUT2D eigenvalue weighted by molar-refractivity contribution is -0.896. The van der Waals surface area contributed by atoms with Crippen LogP contribution >= 0.6 is 0 Å². The lowest BCUT2D eigenvalue weighted by Gasteiger charge is -2.28. The molecular weight excluding hydrogens is 366 g/mol. The molecule has 0 aliphatic rings. The van der Waals surface area contributed by atoms with Crippen molar-refractivity contribution in [3.8, 4) is 0 Å². The summed E-state index contributed by atoms with van der Waals surface area (Å²) < 4.78 is 5.51. The third kappa shape index (κ3) is 7.39. The molecule has 0 aliphatic heterocycles. The maximum absolute atomic E-state index is 12.6. The van der Waals surface area contributed by atoms with Gasteiger partial charge in [-0.3, -0.25) is 4.79 Å². The fourth-order valence-corrected chi connectivity index (χ4v) is 4.16. The highest BCUT2D eigenvalue weighted by atomic mass is 35.5. The zero-order valence-electron chi connectivity index (χ0n) is 17.4. The number of esters is 1. The molecule has 0 radical (unpaired) electrons. The number of quaternary nitrogens is 1. The van der Waals surface area contributed by atoms with Gasteiger partial charge in [0.05, 0.1) is 26.8 Å². The third-order valence-electron chi connectivity index (χ3n) is 4.75. The molecule has 26 heavy (non-hydrogen) atoms. The number of halogens is 1. The topological polar surface area (TPSA) is 51.0 Å². The summed E-state index contributed by atoms with van der Waals surface area (Å²) in [6, 6.07) is 8.11. The summed E-state index contributed by atoms with van der Waals surface area (Å²) in [6.45, 7) is 17.7. The predicted octanol–water partition coefficient (Wildman–Crippen LogP) is -1.44. The fraction of sp³-hybridized carbons (Fsp3) is 0.650. The smallest absolute Gasteiger partial charge is 0.316 e. The molecule has 150 valence electrons. The first kappa shape index (κ1) is 25.1. The molecule has 1 rings (SSSR count). The van der Waals surface area contributed by atoms with E-state index in [1.54, 1.807) is 13.8 Å². The van der Waals surface area contributed by atoms with E-state index in [0.29, 0.717) is 6.61 Å². The Kier molecular flexibility index (Phi) is 10.1. The summed E-state index contributed by atoms with van der Waals surface area (Å²) in [5.41, 5.74) is -0.352. The summed E-state index contributed by atoms with van der Waals surface area (Å²) in [7, 11) is -1.39. The molecule has 0 heterocycles. The Hall–Kier alpha value is -0.883. The summed E-state index contributed by atoms with van der Waals surface area (Å²) in [6.07, 6.45) is 0. The van der Waals surface area contributed by atoms with Crippen molar-refractivity contribution in [1.82, 2.24) is 0 Å². The van der Waals surface area contributed by atoms with Gasteiger partial charge in [0.2, 0.25) is 0 Å². The van der Waals surface area contributed by atoms with Crippen molar-refractivity contribution in [2.75, 3.05) is 26.2 Å². The van der Waals surface area contributed by atoms with E-state index in [9.17, 15) is 9.90 Å². The van der Waals surface area contributed by atoms with Gasteiger partial charge in [0.1, 0.15) is 19.1 Å². The molecule has 1 aromatic rings. The number of nitrogens with one attached hydrogen (secondary N) is 1. The second-order valence-electron chi connectivity index (χ2n) is 8.33. The van der Waals surface area contributed by atoms with E-state index < -0.39 is 19.6 Å². The number of benzene rings is 1. The summed E-state index contributed by atoms with van der Waals surface area (Å²) in [5.74, 6) is -1.02. The molecule has 1 atom stereocenters. The van der Waals surface area contributed by atoms with Crippen LogP contribution in [0.2, 0.25) is 19.6 Å². The predicted molar refractivity (Wildman–Crippen MR) is 106 cm³/mol. The second-order valence-corrected chi connectivity index (χ2v) is 13.4. The Bertz CT molecular complexity index is 546. The minimum Gasteiger partial charge on any atom is -1.00 e. The lowest BCUT2D eigenvalue weighted by Crippen LogP contribution is -3.11. The van der Waals surface area contributed by atoms with E-state index >= 15 is 0 Å². The molecule has 4 nitrogen and oxygen atoms in total. The quantitative estimate of drug-likeness (QED) is 0.393. The van der Waals surface area contributed by atoms with Crippen LogP contribution in [0, 0.1) is 0 Å². The Morgan fingerprint density at radius 1 is 1.15 bits per heavy atom. The molecule has 0 saturated carbocycles. The van der Waals surface area contributed by atoms with Gasteiger partial charge in [-0.1, -0.05) is 49.1 Å². The second kappa shape index (κ2) is 10.5. The van der Waals surface area contributed by atoms with E-state index in [1.807, 2.05) is 12.1 Å². The minimum absolute atomic E-state index is 0. The average molecular weight is 402 g/mol. The first-order chi connectivity index (χ1) is 11.5. The van der Waals surface area contributed by atoms with Gasteiger partial charge in [-0.05, 0) is 33.3 Å². The van der Waals surface area contributed by atoms with E-state index in [2.05, 4.69) is 45.6 Å². The molecular formula is C20H36ClNO3Si. The van der Waals surface area contributed by atoms with E-state index in [4.69, 9.17) is 4.74 Å². The number of hydrogen-bond acceptors (Lipinski definition) is 3. The molecule has 0 saturated heterocycles. The third-order valence-corrected chi connectivity index (χ3v) is 6.82. The van der Waals surface area contributed by atoms with Gasteiger partial charge in [-0.25, -0.2) is 0 Å². The van der Waals surface area contributed by atoms with Crippen LogP contribution in [-0.4, -0.2) is 51.0 Å². The number of carbonyl (C=O) groups excluding carboxylic acids is 1. The Balaban J connectivity index is 0.00000625. The van der Waals surface area contributed by atoms with Gasteiger partial charge in [0, 0.05) is 0 Å². The highest BCUT2D eigenvalue weighted by Crippen LogP contribution is 2.29. The molecule has 0 amide bonds. The van der Waals surface area contributed by atoms with Crippen molar-refractivity contribution in [3.63, 3.8) is 0 Å². The van der Waals surface area contributed by atoms with E-state index in [1.165, 1.54) is 10.1 Å². The molecule has 0 aromatic heterocycles. The van der Waals surface area contributed by atoms with E-state index in [0.717, 1.165) is 25.2 Å². The van der Waals surface area contributed by atoms with Gasteiger partial charge in [0.15, 0.2) is 0 Å². The standard InChI is InChI=1S/C20H35NO3Si.ClH/c1-8-21(9-2)14-15-24-19(22)18(20(3,4)23)16-10-12-17(13-11-16)25(5,6)7;/h10-13,18,23H,8-9,14-15H2,1-7H3;1H. The molecule has 6 heteroatoms. The van der Waals surface area contributed by atoms with Gasteiger partial charge in [-0.15, -0.1) is 0 Å². The first-order valence-electron chi connectivity index (χ1n) is 9.33. The molecule has 0 bridgehead atoms. The van der Waals surface area contributed by atoms with Gasteiger partial charge < -0.3 is 27.2 Å². The zero-order chi connectivity index (χ0) is 19.3. The highest BCUT2D eigenvalue weighted by Gasteiger charge is 2.36. The zero-order valence-corrected chi connectivity index (χ0v) is 19.1. The number of rotatable bonds is 9. The molecule has 1 unspecified atom stereocenters. The molecule has 0 spiro atoms. The van der Waals surface area contributed by atoms with Crippen LogP contribution in [-0.2, 0) is 9.53 Å².